The van der Waals surface area contributed by atoms with E-state index >= 15 is 0 Å². The number of carbonyl (C=O) groups excluding carboxylic acids is 1. The van der Waals surface area contributed by atoms with Crippen molar-refractivity contribution in [2.75, 3.05) is 0 Å². The molecule has 19 heavy (non-hydrogen) atoms. The zero-order chi connectivity index (χ0) is 14.5. The van der Waals surface area contributed by atoms with Crippen molar-refractivity contribution in [1.29, 1.82) is 5.41 Å². The van der Waals surface area contributed by atoms with Crippen LogP contribution in [0.3, 0.4) is 0 Å². The minimum absolute atomic E-state index is 0.509. The summed E-state index contributed by atoms with van der Waals surface area (Å²) >= 11 is 0. The van der Waals surface area contributed by atoms with Crippen LogP contribution in [0.25, 0.3) is 5.57 Å². The van der Waals surface area contributed by atoms with E-state index in [1.54, 1.807) is 26.8 Å². The van der Waals surface area contributed by atoms with Crippen LogP contribution in [0, 0.1) is 12.3 Å². The molecule has 1 heterocycles. The standard InChI is InChI=1S/C14H19N3O2/c1-10-6-5-7-12(17-10)11(8-15)9-16-13(18)19-14(2,3)4/h5-9,15H,1-4H3,(H,16,18)/b11-9+,15-8?. The van der Waals surface area contributed by atoms with Gasteiger partial charge in [0, 0.05) is 23.7 Å². The molecule has 5 heteroatoms. The second-order valence-electron chi connectivity index (χ2n) is 5.05. The van der Waals surface area contributed by atoms with Crippen LogP contribution in [0.15, 0.2) is 24.4 Å². The summed E-state index contributed by atoms with van der Waals surface area (Å²) in [5.41, 5.74) is 1.44. The van der Waals surface area contributed by atoms with Gasteiger partial charge in [-0.25, -0.2) is 4.79 Å². The van der Waals surface area contributed by atoms with Gasteiger partial charge in [0.15, 0.2) is 0 Å². The van der Waals surface area contributed by atoms with E-state index < -0.39 is 11.7 Å². The molecule has 0 saturated carbocycles. The van der Waals surface area contributed by atoms with Crippen LogP contribution in [-0.2, 0) is 4.74 Å². The number of nitrogens with zero attached hydrogens (tertiary/aromatic N) is 1. The van der Waals surface area contributed by atoms with E-state index in [2.05, 4.69) is 10.3 Å². The summed E-state index contributed by atoms with van der Waals surface area (Å²) in [5, 5.41) is 9.86. The lowest BCUT2D eigenvalue weighted by molar-refractivity contribution is 0.0552. The third-order valence-electron chi connectivity index (χ3n) is 2.08. The summed E-state index contributed by atoms with van der Waals surface area (Å²) < 4.78 is 5.10. The van der Waals surface area contributed by atoms with Gasteiger partial charge in [-0.05, 0) is 39.8 Å². The Kier molecular flexibility index (Phi) is 4.80. The van der Waals surface area contributed by atoms with Crippen LogP contribution in [0.1, 0.15) is 32.2 Å². The van der Waals surface area contributed by atoms with Gasteiger partial charge in [0.2, 0.25) is 0 Å². The minimum atomic E-state index is -0.556. The molecule has 0 bridgehead atoms. The molecule has 0 radical (unpaired) electrons. The molecule has 0 atom stereocenters. The van der Waals surface area contributed by atoms with Gasteiger partial charge in [0.25, 0.3) is 0 Å². The Morgan fingerprint density at radius 1 is 1.42 bits per heavy atom. The van der Waals surface area contributed by atoms with Crippen LogP contribution in [-0.4, -0.2) is 22.9 Å². The van der Waals surface area contributed by atoms with Gasteiger partial charge in [-0.3, -0.25) is 10.3 Å². The highest BCUT2D eigenvalue weighted by Gasteiger charge is 2.15. The summed E-state index contributed by atoms with van der Waals surface area (Å²) in [6.07, 6.45) is 2.00. The predicted octanol–water partition coefficient (Wildman–Crippen LogP) is 2.91. The Hall–Kier alpha value is -2.17. The molecule has 0 aliphatic heterocycles. The minimum Gasteiger partial charge on any atom is -0.444 e. The predicted molar refractivity (Wildman–Crippen MR) is 75.1 cm³/mol. The van der Waals surface area contributed by atoms with Crippen molar-refractivity contribution in [3.63, 3.8) is 0 Å². The first-order chi connectivity index (χ1) is 8.81. The Balaban J connectivity index is 2.78. The van der Waals surface area contributed by atoms with E-state index in [-0.39, 0.29) is 0 Å². The van der Waals surface area contributed by atoms with E-state index in [1.165, 1.54) is 6.20 Å². The summed E-state index contributed by atoms with van der Waals surface area (Å²) in [7, 11) is 0. The zero-order valence-electron chi connectivity index (χ0n) is 11.7. The van der Waals surface area contributed by atoms with Crippen molar-refractivity contribution in [3.05, 3.63) is 35.8 Å². The smallest absolute Gasteiger partial charge is 0.411 e. The highest BCUT2D eigenvalue weighted by molar-refractivity contribution is 6.07. The molecule has 1 amide bonds. The fraction of sp³-hybridized carbons (Fsp3) is 0.357. The highest BCUT2D eigenvalue weighted by atomic mass is 16.6. The first-order valence-electron chi connectivity index (χ1n) is 5.96. The van der Waals surface area contributed by atoms with Crippen molar-refractivity contribution in [1.82, 2.24) is 10.3 Å². The maximum atomic E-state index is 11.5. The van der Waals surface area contributed by atoms with E-state index in [0.717, 1.165) is 11.9 Å². The number of hydrogen-bond donors (Lipinski definition) is 2. The largest absolute Gasteiger partial charge is 0.444 e. The lowest BCUT2D eigenvalue weighted by Crippen LogP contribution is -2.29. The van der Waals surface area contributed by atoms with Crippen molar-refractivity contribution in [2.45, 2.75) is 33.3 Å². The molecule has 1 aromatic rings. The number of aromatic nitrogens is 1. The van der Waals surface area contributed by atoms with E-state index in [1.807, 2.05) is 19.1 Å². The van der Waals surface area contributed by atoms with Crippen molar-refractivity contribution in [2.24, 2.45) is 0 Å². The third kappa shape index (κ3) is 5.33. The first kappa shape index (κ1) is 14.9. The zero-order valence-corrected chi connectivity index (χ0v) is 11.7. The first-order valence-corrected chi connectivity index (χ1v) is 5.96. The molecular weight excluding hydrogens is 242 g/mol. The van der Waals surface area contributed by atoms with Crippen LogP contribution in [0.2, 0.25) is 0 Å². The average Bonchev–Trinajstić information content (AvgIpc) is 2.27. The maximum Gasteiger partial charge on any atom is 0.411 e. The van der Waals surface area contributed by atoms with Gasteiger partial charge in [-0.1, -0.05) is 6.07 Å². The second kappa shape index (κ2) is 6.13. The summed E-state index contributed by atoms with van der Waals surface area (Å²) in [6.45, 7) is 7.23. The number of rotatable bonds is 3. The molecule has 0 fully saturated rings. The second-order valence-corrected chi connectivity index (χ2v) is 5.05. The lowest BCUT2D eigenvalue weighted by Gasteiger charge is -2.18. The molecule has 0 aliphatic rings. The maximum absolute atomic E-state index is 11.5. The molecule has 1 rings (SSSR count). The number of allylic oxidation sites excluding steroid dienone is 1. The SMILES string of the molecule is Cc1cccc(/C(C=N)=C/NC(=O)OC(C)(C)C)n1. The quantitative estimate of drug-likeness (QED) is 0.821. The number of carbonyl (C=O) groups is 1. The summed E-state index contributed by atoms with van der Waals surface area (Å²) in [6, 6.07) is 5.50. The molecule has 0 saturated heterocycles. The molecule has 5 nitrogen and oxygen atoms in total. The van der Waals surface area contributed by atoms with Gasteiger partial charge in [0.05, 0.1) is 5.69 Å². The number of amides is 1. The van der Waals surface area contributed by atoms with Crippen LogP contribution >= 0.6 is 0 Å². The molecule has 0 spiro atoms. The van der Waals surface area contributed by atoms with Gasteiger partial charge in [0.1, 0.15) is 5.60 Å². The Morgan fingerprint density at radius 3 is 2.63 bits per heavy atom. The normalized spacial score (nSPS) is 11.9. The third-order valence-corrected chi connectivity index (χ3v) is 2.08. The summed E-state index contributed by atoms with van der Waals surface area (Å²) in [5.74, 6) is 0. The highest BCUT2D eigenvalue weighted by Crippen LogP contribution is 2.10. The number of alkyl carbamates (subject to hydrolysis) is 1. The van der Waals surface area contributed by atoms with E-state index in [0.29, 0.717) is 11.3 Å². The van der Waals surface area contributed by atoms with Gasteiger partial charge < -0.3 is 10.1 Å². The molecule has 0 aliphatic carbocycles. The molecule has 2 N–H and O–H groups in total. The fourth-order valence-electron chi connectivity index (χ4n) is 1.34. The van der Waals surface area contributed by atoms with Gasteiger partial charge in [-0.2, -0.15) is 0 Å². The van der Waals surface area contributed by atoms with Gasteiger partial charge in [-0.15, -0.1) is 0 Å². The van der Waals surface area contributed by atoms with Crippen LogP contribution in [0.4, 0.5) is 4.79 Å². The lowest BCUT2D eigenvalue weighted by atomic mass is 10.2. The molecule has 0 unspecified atom stereocenters. The Bertz CT molecular complexity index is 502. The van der Waals surface area contributed by atoms with Gasteiger partial charge >= 0.3 is 6.09 Å². The molecule has 102 valence electrons. The number of ether oxygens (including phenoxy) is 1. The number of nitrogens with one attached hydrogen (secondary N) is 2. The summed E-state index contributed by atoms with van der Waals surface area (Å²) in [4.78, 5) is 15.8. The molecule has 0 aromatic carbocycles. The van der Waals surface area contributed by atoms with Crippen LogP contribution in [0.5, 0.6) is 0 Å². The molecule has 1 aromatic heterocycles. The van der Waals surface area contributed by atoms with Crippen molar-refractivity contribution >= 4 is 17.9 Å². The number of hydrogen-bond acceptors (Lipinski definition) is 4. The van der Waals surface area contributed by atoms with E-state index in [9.17, 15) is 4.79 Å². The fourth-order valence-corrected chi connectivity index (χ4v) is 1.34. The number of aryl methyl sites for hydroxylation is 1. The van der Waals surface area contributed by atoms with E-state index in [4.69, 9.17) is 10.1 Å². The number of pyridine rings is 1. The average molecular weight is 261 g/mol. The Morgan fingerprint density at radius 2 is 2.11 bits per heavy atom. The topological polar surface area (TPSA) is 75.1 Å². The van der Waals surface area contributed by atoms with Crippen molar-refractivity contribution in [3.8, 4) is 0 Å². The van der Waals surface area contributed by atoms with Crippen molar-refractivity contribution < 1.29 is 9.53 Å². The monoisotopic (exact) mass is 261 g/mol. The van der Waals surface area contributed by atoms with Crippen LogP contribution < -0.4 is 5.32 Å². The molecular formula is C14H19N3O2. The Labute approximate surface area is 113 Å².